The van der Waals surface area contributed by atoms with E-state index in [1.54, 1.807) is 30.3 Å². The Balaban J connectivity index is 1.95. The Morgan fingerprint density at radius 3 is 2.31 bits per heavy atom. The van der Waals surface area contributed by atoms with Crippen molar-refractivity contribution < 1.29 is 22.4 Å². The van der Waals surface area contributed by atoms with Crippen molar-refractivity contribution in [3.63, 3.8) is 0 Å². The molecule has 0 aliphatic heterocycles. The molecule has 1 saturated carbocycles. The summed E-state index contributed by atoms with van der Waals surface area (Å²) in [4.78, 5) is 17.2. The van der Waals surface area contributed by atoms with Crippen molar-refractivity contribution in [2.45, 2.75) is 31.0 Å². The van der Waals surface area contributed by atoms with E-state index in [1.165, 1.54) is 18.3 Å². The first-order valence-corrected chi connectivity index (χ1v) is 10.4. The van der Waals surface area contributed by atoms with Gasteiger partial charge in [-0.2, -0.15) is 13.2 Å². The molecule has 1 fully saturated rings. The summed E-state index contributed by atoms with van der Waals surface area (Å²) >= 11 is 5.99. The predicted molar refractivity (Wildman–Crippen MR) is 112 cm³/mol. The van der Waals surface area contributed by atoms with Gasteiger partial charge in [0, 0.05) is 18.5 Å². The molecular weight excluding hydrogens is 444 g/mol. The molecule has 1 aliphatic rings. The number of pyridine rings is 1. The van der Waals surface area contributed by atoms with Crippen molar-refractivity contribution in [3.05, 3.63) is 100 Å². The number of benzene rings is 2. The number of halogens is 5. The smallest absolute Gasteiger partial charge is 0.340 e. The quantitative estimate of drug-likeness (QED) is 0.463. The van der Waals surface area contributed by atoms with Gasteiger partial charge in [-0.15, -0.1) is 0 Å². The molecule has 1 N–H and O–H groups in total. The summed E-state index contributed by atoms with van der Waals surface area (Å²) in [6.07, 6.45) is -1.95. The fourth-order valence-electron chi connectivity index (χ4n) is 3.71. The summed E-state index contributed by atoms with van der Waals surface area (Å²) in [5.74, 6) is -1.59. The summed E-state index contributed by atoms with van der Waals surface area (Å²) in [6.45, 7) is 0. The highest BCUT2D eigenvalue weighted by Crippen LogP contribution is 2.39. The standard InChI is InChI=1S/C24H19ClF4N2O/c25-19-8-9-21(30-14-19)23(31-22(32)16-6-7-16,13-15-4-2-1-3-5-15)17-10-18(24(27,28)29)12-20(26)11-17/h1-5,8-12,14,16H,6-7,13H2,(H,31,32)/t23-/m0/s1. The van der Waals surface area contributed by atoms with Crippen molar-refractivity contribution >= 4 is 17.5 Å². The fraction of sp³-hybridized carbons (Fsp3) is 0.250. The number of nitrogens with one attached hydrogen (secondary N) is 1. The highest BCUT2D eigenvalue weighted by Gasteiger charge is 2.43. The molecule has 0 bridgehead atoms. The van der Waals surface area contributed by atoms with Gasteiger partial charge in [0.1, 0.15) is 11.4 Å². The third-order valence-corrected chi connectivity index (χ3v) is 5.70. The van der Waals surface area contributed by atoms with Crippen LogP contribution in [0.15, 0.2) is 66.9 Å². The van der Waals surface area contributed by atoms with Gasteiger partial charge < -0.3 is 5.32 Å². The number of hydrogen-bond acceptors (Lipinski definition) is 2. The molecule has 8 heteroatoms. The van der Waals surface area contributed by atoms with Gasteiger partial charge in [-0.25, -0.2) is 4.39 Å². The first-order valence-electron chi connectivity index (χ1n) is 10.0. The summed E-state index contributed by atoms with van der Waals surface area (Å²) in [5.41, 5.74) is -1.72. The molecule has 3 nitrogen and oxygen atoms in total. The van der Waals surface area contributed by atoms with Gasteiger partial charge in [-0.3, -0.25) is 9.78 Å². The topological polar surface area (TPSA) is 42.0 Å². The van der Waals surface area contributed by atoms with Crippen molar-refractivity contribution in [1.29, 1.82) is 0 Å². The zero-order valence-electron chi connectivity index (χ0n) is 16.8. The minimum atomic E-state index is -4.76. The third kappa shape index (κ3) is 4.78. The lowest BCUT2D eigenvalue weighted by molar-refractivity contribution is -0.137. The van der Waals surface area contributed by atoms with E-state index in [0.29, 0.717) is 23.9 Å². The molecule has 1 aromatic heterocycles. The Kier molecular flexibility index (Phi) is 5.95. The van der Waals surface area contributed by atoms with Gasteiger partial charge in [0.05, 0.1) is 16.3 Å². The highest BCUT2D eigenvalue weighted by molar-refractivity contribution is 6.30. The summed E-state index contributed by atoms with van der Waals surface area (Å²) < 4.78 is 55.1. The van der Waals surface area contributed by atoms with Crippen molar-refractivity contribution in [3.8, 4) is 0 Å². The molecule has 1 heterocycles. The summed E-state index contributed by atoms with van der Waals surface area (Å²) in [6, 6.07) is 14.4. The monoisotopic (exact) mass is 462 g/mol. The van der Waals surface area contributed by atoms with E-state index in [9.17, 15) is 22.4 Å². The van der Waals surface area contributed by atoms with Crippen LogP contribution in [0.5, 0.6) is 0 Å². The average Bonchev–Trinajstić information content (AvgIpc) is 3.59. The molecule has 0 spiro atoms. The molecule has 32 heavy (non-hydrogen) atoms. The van der Waals surface area contributed by atoms with Crippen LogP contribution < -0.4 is 5.32 Å². The minimum Gasteiger partial charge on any atom is -0.340 e. The van der Waals surface area contributed by atoms with Crippen LogP contribution in [0.25, 0.3) is 0 Å². The summed E-state index contributed by atoms with van der Waals surface area (Å²) in [5, 5.41) is 3.25. The largest absolute Gasteiger partial charge is 0.416 e. The maximum Gasteiger partial charge on any atom is 0.416 e. The molecule has 3 aromatic rings. The van der Waals surface area contributed by atoms with Gasteiger partial charge in [-0.05, 0) is 54.3 Å². The second-order valence-corrected chi connectivity index (χ2v) is 8.36. The third-order valence-electron chi connectivity index (χ3n) is 5.48. The summed E-state index contributed by atoms with van der Waals surface area (Å²) in [7, 11) is 0. The van der Waals surface area contributed by atoms with Crippen LogP contribution in [0, 0.1) is 11.7 Å². The Labute approximate surface area is 187 Å². The van der Waals surface area contributed by atoms with Crippen molar-refractivity contribution in [2.24, 2.45) is 5.92 Å². The average molecular weight is 463 g/mol. The number of aromatic nitrogens is 1. The Bertz CT molecular complexity index is 1120. The Hall–Kier alpha value is -2.93. The molecule has 1 atom stereocenters. The number of alkyl halides is 3. The normalized spacial score (nSPS) is 15.8. The predicted octanol–water partition coefficient (Wildman–Crippen LogP) is 5.91. The van der Waals surface area contributed by atoms with Gasteiger partial charge in [0.2, 0.25) is 5.91 Å². The lowest BCUT2D eigenvalue weighted by atomic mass is 9.79. The molecule has 1 amide bonds. The Morgan fingerprint density at radius 2 is 1.72 bits per heavy atom. The molecular formula is C24H19ClF4N2O. The fourth-order valence-corrected chi connectivity index (χ4v) is 3.82. The van der Waals surface area contributed by atoms with E-state index in [0.717, 1.165) is 17.7 Å². The molecule has 4 rings (SSSR count). The number of hydrogen-bond donors (Lipinski definition) is 1. The molecule has 2 aromatic carbocycles. The first kappa shape index (κ1) is 22.3. The minimum absolute atomic E-state index is 0.0440. The number of carbonyl (C=O) groups excluding carboxylic acids is 1. The SMILES string of the molecule is O=C(N[C@@](Cc1ccccc1)(c1cc(F)cc(C(F)(F)F)c1)c1ccc(Cl)cn1)C1CC1. The van der Waals surface area contributed by atoms with E-state index < -0.39 is 23.1 Å². The van der Waals surface area contributed by atoms with Crippen LogP contribution in [-0.2, 0) is 22.9 Å². The van der Waals surface area contributed by atoms with Gasteiger partial charge in [0.15, 0.2) is 0 Å². The van der Waals surface area contributed by atoms with Crippen LogP contribution in [0.2, 0.25) is 5.02 Å². The van der Waals surface area contributed by atoms with Crippen LogP contribution in [-0.4, -0.2) is 10.9 Å². The molecule has 0 radical (unpaired) electrons. The lowest BCUT2D eigenvalue weighted by Gasteiger charge is -2.36. The van der Waals surface area contributed by atoms with E-state index in [1.807, 2.05) is 0 Å². The van der Waals surface area contributed by atoms with Crippen LogP contribution >= 0.6 is 11.6 Å². The van der Waals surface area contributed by atoms with E-state index >= 15 is 0 Å². The van der Waals surface area contributed by atoms with Crippen LogP contribution in [0.1, 0.15) is 35.2 Å². The van der Waals surface area contributed by atoms with Gasteiger partial charge in [-0.1, -0.05) is 41.9 Å². The molecule has 1 aliphatic carbocycles. The van der Waals surface area contributed by atoms with Gasteiger partial charge in [0.25, 0.3) is 0 Å². The number of rotatable bonds is 6. The Morgan fingerprint density at radius 1 is 1.03 bits per heavy atom. The second kappa shape index (κ2) is 8.54. The highest BCUT2D eigenvalue weighted by atomic mass is 35.5. The van der Waals surface area contributed by atoms with E-state index in [4.69, 9.17) is 11.6 Å². The zero-order valence-corrected chi connectivity index (χ0v) is 17.6. The first-order chi connectivity index (χ1) is 15.2. The number of nitrogens with zero attached hydrogens (tertiary/aromatic N) is 1. The van der Waals surface area contributed by atoms with E-state index in [2.05, 4.69) is 10.3 Å². The van der Waals surface area contributed by atoms with Crippen LogP contribution in [0.3, 0.4) is 0 Å². The maximum absolute atomic E-state index is 14.5. The zero-order chi connectivity index (χ0) is 22.9. The molecule has 0 unspecified atom stereocenters. The van der Waals surface area contributed by atoms with Crippen molar-refractivity contribution in [1.82, 2.24) is 10.3 Å². The van der Waals surface area contributed by atoms with Gasteiger partial charge >= 0.3 is 6.18 Å². The number of amides is 1. The molecule has 0 saturated heterocycles. The second-order valence-electron chi connectivity index (χ2n) is 7.92. The van der Waals surface area contributed by atoms with Crippen LogP contribution in [0.4, 0.5) is 17.6 Å². The number of carbonyl (C=O) groups is 1. The molecule has 166 valence electrons. The van der Waals surface area contributed by atoms with E-state index in [-0.39, 0.29) is 29.5 Å². The van der Waals surface area contributed by atoms with Crippen molar-refractivity contribution in [2.75, 3.05) is 0 Å². The maximum atomic E-state index is 14.5. The lowest BCUT2D eigenvalue weighted by Crippen LogP contribution is -2.50.